The summed E-state index contributed by atoms with van der Waals surface area (Å²) >= 11 is 0. The number of anilines is 1. The average molecular weight is 498 g/mol. The first-order valence-electron chi connectivity index (χ1n) is 12.3. The zero-order valence-electron chi connectivity index (χ0n) is 20.6. The number of hydrogen-bond donors (Lipinski definition) is 1. The molecule has 0 radical (unpaired) electrons. The van der Waals surface area contributed by atoms with Crippen LogP contribution in [0.3, 0.4) is 0 Å². The van der Waals surface area contributed by atoms with Crippen LogP contribution in [0, 0.1) is 11.7 Å². The highest BCUT2D eigenvalue weighted by Crippen LogP contribution is 2.27. The Morgan fingerprint density at radius 1 is 1.08 bits per heavy atom. The van der Waals surface area contributed by atoms with Gasteiger partial charge in [0.15, 0.2) is 0 Å². The van der Waals surface area contributed by atoms with Crippen LogP contribution >= 0.6 is 0 Å². The first-order valence-corrected chi connectivity index (χ1v) is 12.3. The van der Waals surface area contributed by atoms with Crippen molar-refractivity contribution in [1.29, 1.82) is 0 Å². The summed E-state index contributed by atoms with van der Waals surface area (Å²) in [6, 6.07) is 19.4. The van der Waals surface area contributed by atoms with Crippen LogP contribution in [0.5, 0.6) is 0 Å². The standard InChI is InChI=1S/C30H28FN3O3/c1-37-30(36)24-6-3-5-23(16-24)29(35)33-28-15-20(8-9-27(28)31)18-34-13-11-21(19-34)14-22-4-2-7-25-17-32-12-10-26(22)25/h2-10,12,15-17,21H,11,13-14,18-19H2,1H3,(H,33,35). The van der Waals surface area contributed by atoms with Crippen LogP contribution in [-0.2, 0) is 17.7 Å². The number of nitrogens with one attached hydrogen (secondary N) is 1. The number of esters is 1. The summed E-state index contributed by atoms with van der Waals surface area (Å²) in [5.74, 6) is -0.996. The quantitative estimate of drug-likeness (QED) is 0.343. The number of carbonyl (C=O) groups excluding carboxylic acids is 2. The summed E-state index contributed by atoms with van der Waals surface area (Å²) in [6.45, 7) is 2.61. The number of ether oxygens (including phenoxy) is 1. The number of aromatic nitrogens is 1. The lowest BCUT2D eigenvalue weighted by Gasteiger charge is -2.17. The Bertz CT molecular complexity index is 1450. The highest BCUT2D eigenvalue weighted by atomic mass is 19.1. The molecular formula is C30H28FN3O3. The maximum Gasteiger partial charge on any atom is 0.337 e. The van der Waals surface area contributed by atoms with Crippen molar-refractivity contribution in [3.63, 3.8) is 0 Å². The first kappa shape index (κ1) is 24.6. The van der Waals surface area contributed by atoms with E-state index in [0.29, 0.717) is 12.5 Å². The van der Waals surface area contributed by atoms with Crippen LogP contribution < -0.4 is 5.32 Å². The van der Waals surface area contributed by atoms with Crippen LogP contribution in [-0.4, -0.2) is 42.0 Å². The van der Waals surface area contributed by atoms with Gasteiger partial charge in [0.25, 0.3) is 5.91 Å². The van der Waals surface area contributed by atoms with Crippen LogP contribution in [0.4, 0.5) is 10.1 Å². The molecule has 1 fully saturated rings. The van der Waals surface area contributed by atoms with Crippen molar-refractivity contribution in [2.24, 2.45) is 5.92 Å². The van der Waals surface area contributed by atoms with Gasteiger partial charge in [0.05, 0.1) is 18.4 Å². The van der Waals surface area contributed by atoms with Gasteiger partial charge in [0.2, 0.25) is 0 Å². The van der Waals surface area contributed by atoms with E-state index in [0.717, 1.165) is 36.9 Å². The number of halogens is 1. The lowest BCUT2D eigenvalue weighted by molar-refractivity contribution is 0.0600. The highest BCUT2D eigenvalue weighted by molar-refractivity contribution is 6.05. The third-order valence-electron chi connectivity index (χ3n) is 6.88. The highest BCUT2D eigenvalue weighted by Gasteiger charge is 2.23. The second-order valence-electron chi connectivity index (χ2n) is 9.45. The van der Waals surface area contributed by atoms with E-state index in [2.05, 4.69) is 39.5 Å². The Kier molecular flexibility index (Phi) is 7.23. The van der Waals surface area contributed by atoms with Gasteiger partial charge in [-0.2, -0.15) is 0 Å². The van der Waals surface area contributed by atoms with Gasteiger partial charge in [-0.3, -0.25) is 14.7 Å². The van der Waals surface area contributed by atoms with E-state index in [1.807, 2.05) is 12.4 Å². The summed E-state index contributed by atoms with van der Waals surface area (Å²) in [6.07, 6.45) is 5.85. The third-order valence-corrected chi connectivity index (χ3v) is 6.88. The number of amides is 1. The van der Waals surface area contributed by atoms with Gasteiger partial charge in [-0.05, 0) is 78.2 Å². The number of carbonyl (C=O) groups is 2. The second-order valence-corrected chi connectivity index (χ2v) is 9.45. The Morgan fingerprint density at radius 2 is 1.92 bits per heavy atom. The van der Waals surface area contributed by atoms with Crippen molar-refractivity contribution in [2.45, 2.75) is 19.4 Å². The van der Waals surface area contributed by atoms with E-state index in [1.165, 1.54) is 30.2 Å². The van der Waals surface area contributed by atoms with Crippen LogP contribution in [0.15, 0.2) is 79.1 Å². The van der Waals surface area contributed by atoms with Crippen molar-refractivity contribution < 1.29 is 18.7 Å². The summed E-state index contributed by atoms with van der Waals surface area (Å²) in [4.78, 5) is 31.1. The number of pyridine rings is 1. The van der Waals surface area contributed by atoms with E-state index < -0.39 is 17.7 Å². The van der Waals surface area contributed by atoms with Gasteiger partial charge in [-0.15, -0.1) is 0 Å². The monoisotopic (exact) mass is 497 g/mol. The minimum Gasteiger partial charge on any atom is -0.465 e. The van der Waals surface area contributed by atoms with Gasteiger partial charge in [0.1, 0.15) is 5.82 Å². The Morgan fingerprint density at radius 3 is 2.78 bits per heavy atom. The molecule has 4 aromatic rings. The molecule has 1 amide bonds. The number of rotatable bonds is 7. The van der Waals surface area contributed by atoms with Crippen molar-refractivity contribution in [3.8, 4) is 0 Å². The molecule has 37 heavy (non-hydrogen) atoms. The molecule has 0 spiro atoms. The number of methoxy groups -OCH3 is 1. The van der Waals surface area contributed by atoms with E-state index in [1.54, 1.807) is 30.3 Å². The fraction of sp³-hybridized carbons (Fsp3) is 0.233. The molecule has 6 nitrogen and oxygen atoms in total. The molecule has 0 aliphatic carbocycles. The molecule has 0 saturated carbocycles. The maximum absolute atomic E-state index is 14.5. The third kappa shape index (κ3) is 5.67. The number of nitrogens with zero attached hydrogens (tertiary/aromatic N) is 2. The van der Waals surface area contributed by atoms with Crippen molar-refractivity contribution in [3.05, 3.63) is 107 Å². The molecule has 1 aromatic heterocycles. The topological polar surface area (TPSA) is 71.5 Å². The number of hydrogen-bond acceptors (Lipinski definition) is 5. The van der Waals surface area contributed by atoms with Gasteiger partial charge in [-0.25, -0.2) is 9.18 Å². The molecule has 1 atom stereocenters. The number of fused-ring (bicyclic) bond motifs is 1. The normalized spacial score (nSPS) is 15.6. The van der Waals surface area contributed by atoms with Crippen molar-refractivity contribution in [2.75, 3.05) is 25.5 Å². The predicted molar refractivity (Wildman–Crippen MR) is 141 cm³/mol. The molecule has 1 N–H and O–H groups in total. The Balaban J connectivity index is 1.23. The minimum atomic E-state index is -0.538. The lowest BCUT2D eigenvalue weighted by Crippen LogP contribution is -2.21. The maximum atomic E-state index is 14.5. The van der Waals surface area contributed by atoms with Crippen LogP contribution in [0.2, 0.25) is 0 Å². The number of benzene rings is 3. The smallest absolute Gasteiger partial charge is 0.337 e. The van der Waals surface area contributed by atoms with Crippen LogP contribution in [0.25, 0.3) is 10.8 Å². The largest absolute Gasteiger partial charge is 0.465 e. The molecule has 3 aromatic carbocycles. The molecule has 7 heteroatoms. The first-order chi connectivity index (χ1) is 18.0. The van der Waals surface area contributed by atoms with Crippen molar-refractivity contribution >= 4 is 28.3 Å². The molecule has 1 aliphatic rings. The molecule has 1 unspecified atom stereocenters. The molecule has 1 aliphatic heterocycles. The summed E-state index contributed by atoms with van der Waals surface area (Å²) in [5, 5.41) is 5.06. The molecule has 0 bridgehead atoms. The van der Waals surface area contributed by atoms with Gasteiger partial charge < -0.3 is 10.1 Å². The van der Waals surface area contributed by atoms with Crippen molar-refractivity contribution in [1.82, 2.24) is 9.88 Å². The second kappa shape index (κ2) is 10.9. The summed E-state index contributed by atoms with van der Waals surface area (Å²) in [7, 11) is 1.28. The van der Waals surface area contributed by atoms with Gasteiger partial charge in [0, 0.05) is 36.4 Å². The predicted octanol–water partition coefficient (Wildman–Crippen LogP) is 5.48. The lowest BCUT2D eigenvalue weighted by atomic mass is 9.95. The number of likely N-dealkylation sites (tertiary alicyclic amines) is 1. The Hall–Kier alpha value is -4.10. The molecule has 1 saturated heterocycles. The van der Waals surface area contributed by atoms with E-state index in [4.69, 9.17) is 4.74 Å². The molecule has 5 rings (SSSR count). The van der Waals surface area contributed by atoms with Crippen LogP contribution in [0.1, 0.15) is 38.3 Å². The zero-order valence-corrected chi connectivity index (χ0v) is 20.6. The fourth-order valence-electron chi connectivity index (χ4n) is 5.03. The van der Waals surface area contributed by atoms with Gasteiger partial charge >= 0.3 is 5.97 Å². The minimum absolute atomic E-state index is 0.117. The summed E-state index contributed by atoms with van der Waals surface area (Å²) in [5.41, 5.74) is 2.89. The molecule has 2 heterocycles. The molecular weight excluding hydrogens is 469 g/mol. The zero-order chi connectivity index (χ0) is 25.8. The Labute approximate surface area is 215 Å². The summed E-state index contributed by atoms with van der Waals surface area (Å²) < 4.78 is 19.3. The fourth-order valence-corrected chi connectivity index (χ4v) is 5.03. The van der Waals surface area contributed by atoms with E-state index in [-0.39, 0.29) is 16.8 Å². The molecule has 188 valence electrons. The average Bonchev–Trinajstić information content (AvgIpc) is 3.37. The van der Waals surface area contributed by atoms with E-state index in [9.17, 15) is 14.0 Å². The van der Waals surface area contributed by atoms with E-state index >= 15 is 0 Å². The van der Waals surface area contributed by atoms with Gasteiger partial charge in [-0.1, -0.05) is 30.3 Å². The SMILES string of the molecule is COC(=O)c1cccc(C(=O)Nc2cc(CN3CCC(Cc4cccc5cnccc45)C3)ccc2F)c1.